The smallest absolute Gasteiger partial charge is 0.0825 e. The Morgan fingerprint density at radius 3 is 2.85 bits per heavy atom. The summed E-state index contributed by atoms with van der Waals surface area (Å²) in [6.45, 7) is 4.31. The van der Waals surface area contributed by atoms with Gasteiger partial charge >= 0.3 is 0 Å². The van der Waals surface area contributed by atoms with E-state index >= 15 is 0 Å². The summed E-state index contributed by atoms with van der Waals surface area (Å²) < 4.78 is 0. The Kier molecular flexibility index (Phi) is 3.75. The van der Waals surface area contributed by atoms with Gasteiger partial charge in [-0.15, -0.1) is 0 Å². The van der Waals surface area contributed by atoms with Crippen molar-refractivity contribution in [3.63, 3.8) is 0 Å². The van der Waals surface area contributed by atoms with Crippen LogP contribution in [0.1, 0.15) is 50.0 Å². The third-order valence-electron chi connectivity index (χ3n) is 4.62. The second kappa shape index (κ2) is 5.53. The molecular formula is C18H23NO. The molecule has 0 bridgehead atoms. The van der Waals surface area contributed by atoms with Crippen LogP contribution < -0.4 is 0 Å². The normalized spacial score (nSPS) is 24.8. The van der Waals surface area contributed by atoms with Gasteiger partial charge in [0, 0.05) is 11.1 Å². The molecule has 1 fully saturated rings. The summed E-state index contributed by atoms with van der Waals surface area (Å²) in [5.74, 6) is 1.13. The van der Waals surface area contributed by atoms with Crippen LogP contribution in [0.5, 0.6) is 0 Å². The van der Waals surface area contributed by atoms with Gasteiger partial charge in [0.15, 0.2) is 0 Å². The molecule has 0 spiro atoms. The first-order valence-electron chi connectivity index (χ1n) is 7.69. The van der Waals surface area contributed by atoms with E-state index in [1.54, 1.807) is 0 Å². The van der Waals surface area contributed by atoms with Gasteiger partial charge in [0.05, 0.1) is 11.6 Å². The van der Waals surface area contributed by atoms with Crippen LogP contribution in [0.4, 0.5) is 0 Å². The standard InChI is InChI=1S/C18H23NO/c1-12-6-5-7-14(10-12)18(20)16-11-13(2)19-17-9-4-3-8-15(16)17/h3-4,8-9,11-12,14,18,20H,5-7,10H2,1-2H3. The van der Waals surface area contributed by atoms with E-state index in [0.29, 0.717) is 5.92 Å². The average Bonchev–Trinajstić information content (AvgIpc) is 2.45. The molecule has 1 aromatic heterocycles. The SMILES string of the molecule is Cc1cc(C(O)C2CCCC(C)C2)c2ccccc2n1. The number of aryl methyl sites for hydroxylation is 1. The monoisotopic (exact) mass is 269 g/mol. The summed E-state index contributed by atoms with van der Waals surface area (Å²) in [6.07, 6.45) is 4.46. The van der Waals surface area contributed by atoms with Gasteiger partial charge in [-0.05, 0) is 49.3 Å². The van der Waals surface area contributed by atoms with Gasteiger partial charge in [0.25, 0.3) is 0 Å². The summed E-state index contributed by atoms with van der Waals surface area (Å²) in [6, 6.07) is 10.2. The zero-order valence-corrected chi connectivity index (χ0v) is 12.3. The summed E-state index contributed by atoms with van der Waals surface area (Å²) in [4.78, 5) is 4.57. The molecule has 1 heterocycles. The Balaban J connectivity index is 2.00. The molecule has 2 aromatic rings. The summed E-state index contributed by atoms with van der Waals surface area (Å²) in [7, 11) is 0. The third-order valence-corrected chi connectivity index (χ3v) is 4.62. The van der Waals surface area contributed by atoms with Crippen LogP contribution in [0.15, 0.2) is 30.3 Å². The zero-order chi connectivity index (χ0) is 14.1. The number of aromatic nitrogens is 1. The van der Waals surface area contributed by atoms with Gasteiger partial charge < -0.3 is 5.11 Å². The predicted octanol–water partition coefficient (Wildman–Crippen LogP) is 4.40. The first kappa shape index (κ1) is 13.6. The Morgan fingerprint density at radius 1 is 1.25 bits per heavy atom. The number of benzene rings is 1. The Hall–Kier alpha value is -1.41. The van der Waals surface area contributed by atoms with Crippen LogP contribution in [0.3, 0.4) is 0 Å². The second-order valence-electron chi connectivity index (χ2n) is 6.35. The second-order valence-corrected chi connectivity index (χ2v) is 6.35. The summed E-state index contributed by atoms with van der Waals surface area (Å²) >= 11 is 0. The fourth-order valence-electron chi connectivity index (χ4n) is 3.61. The molecule has 0 saturated heterocycles. The highest BCUT2D eigenvalue weighted by molar-refractivity contribution is 5.82. The van der Waals surface area contributed by atoms with Gasteiger partial charge in [-0.25, -0.2) is 0 Å². The van der Waals surface area contributed by atoms with Crippen molar-refractivity contribution in [2.45, 2.75) is 45.6 Å². The first-order chi connectivity index (χ1) is 9.65. The minimum atomic E-state index is -0.357. The van der Waals surface area contributed by atoms with Crippen LogP contribution in [0.25, 0.3) is 10.9 Å². The van der Waals surface area contributed by atoms with Crippen LogP contribution in [0.2, 0.25) is 0 Å². The molecule has 1 aliphatic rings. The van der Waals surface area contributed by atoms with Crippen LogP contribution in [-0.2, 0) is 0 Å². The zero-order valence-electron chi connectivity index (χ0n) is 12.3. The number of hydrogen-bond donors (Lipinski definition) is 1. The molecule has 0 radical (unpaired) electrons. The molecule has 1 aliphatic carbocycles. The number of hydrogen-bond acceptors (Lipinski definition) is 2. The maximum atomic E-state index is 10.9. The van der Waals surface area contributed by atoms with Crippen molar-refractivity contribution in [1.82, 2.24) is 4.98 Å². The first-order valence-corrected chi connectivity index (χ1v) is 7.69. The molecule has 2 heteroatoms. The van der Waals surface area contributed by atoms with Crippen molar-refractivity contribution in [2.24, 2.45) is 11.8 Å². The van der Waals surface area contributed by atoms with E-state index < -0.39 is 0 Å². The van der Waals surface area contributed by atoms with Gasteiger partial charge in [-0.1, -0.05) is 38.0 Å². The molecule has 3 unspecified atom stereocenters. The molecule has 3 rings (SSSR count). The predicted molar refractivity (Wildman–Crippen MR) is 82.6 cm³/mol. The quantitative estimate of drug-likeness (QED) is 0.876. The van der Waals surface area contributed by atoms with E-state index in [-0.39, 0.29) is 6.10 Å². The van der Waals surface area contributed by atoms with E-state index in [0.717, 1.165) is 40.9 Å². The molecule has 3 atom stereocenters. The van der Waals surface area contributed by atoms with E-state index in [4.69, 9.17) is 0 Å². The van der Waals surface area contributed by atoms with E-state index in [9.17, 15) is 5.11 Å². The third kappa shape index (κ3) is 2.57. The molecule has 2 nitrogen and oxygen atoms in total. The Morgan fingerprint density at radius 2 is 2.05 bits per heavy atom. The van der Waals surface area contributed by atoms with Crippen LogP contribution in [0, 0.1) is 18.8 Å². The van der Waals surface area contributed by atoms with Crippen molar-refractivity contribution in [1.29, 1.82) is 0 Å². The molecule has 1 aromatic carbocycles. The van der Waals surface area contributed by atoms with Crippen molar-refractivity contribution in [3.05, 3.63) is 41.6 Å². The lowest BCUT2D eigenvalue weighted by Gasteiger charge is -2.31. The number of para-hydroxylation sites is 1. The fourth-order valence-corrected chi connectivity index (χ4v) is 3.61. The highest BCUT2D eigenvalue weighted by atomic mass is 16.3. The van der Waals surface area contributed by atoms with Crippen molar-refractivity contribution >= 4 is 10.9 Å². The molecule has 20 heavy (non-hydrogen) atoms. The lowest BCUT2D eigenvalue weighted by Crippen LogP contribution is -2.20. The molecule has 0 amide bonds. The van der Waals surface area contributed by atoms with Crippen LogP contribution >= 0.6 is 0 Å². The van der Waals surface area contributed by atoms with Gasteiger partial charge in [-0.3, -0.25) is 4.98 Å². The Labute approximate surface area is 120 Å². The van der Waals surface area contributed by atoms with E-state index in [1.807, 2.05) is 25.1 Å². The van der Waals surface area contributed by atoms with Gasteiger partial charge in [0.2, 0.25) is 0 Å². The number of nitrogens with zero attached hydrogens (tertiary/aromatic N) is 1. The largest absolute Gasteiger partial charge is 0.388 e. The molecule has 1 N–H and O–H groups in total. The number of pyridine rings is 1. The van der Waals surface area contributed by atoms with E-state index in [2.05, 4.69) is 24.0 Å². The van der Waals surface area contributed by atoms with Crippen molar-refractivity contribution in [3.8, 4) is 0 Å². The lowest BCUT2D eigenvalue weighted by atomic mass is 9.77. The van der Waals surface area contributed by atoms with Gasteiger partial charge in [-0.2, -0.15) is 0 Å². The number of aliphatic hydroxyl groups is 1. The molecule has 1 saturated carbocycles. The highest BCUT2D eigenvalue weighted by Crippen LogP contribution is 2.39. The highest BCUT2D eigenvalue weighted by Gasteiger charge is 2.27. The van der Waals surface area contributed by atoms with Crippen molar-refractivity contribution < 1.29 is 5.11 Å². The van der Waals surface area contributed by atoms with Crippen LogP contribution in [-0.4, -0.2) is 10.1 Å². The maximum Gasteiger partial charge on any atom is 0.0825 e. The number of fused-ring (bicyclic) bond motifs is 1. The number of rotatable bonds is 2. The fraction of sp³-hybridized carbons (Fsp3) is 0.500. The van der Waals surface area contributed by atoms with E-state index in [1.165, 1.54) is 12.8 Å². The molecule has 106 valence electrons. The Bertz CT molecular complexity index is 607. The topological polar surface area (TPSA) is 33.1 Å². The van der Waals surface area contributed by atoms with Crippen molar-refractivity contribution in [2.75, 3.05) is 0 Å². The number of aliphatic hydroxyl groups excluding tert-OH is 1. The minimum absolute atomic E-state index is 0.357. The summed E-state index contributed by atoms with van der Waals surface area (Å²) in [5.41, 5.74) is 3.04. The maximum absolute atomic E-state index is 10.9. The average molecular weight is 269 g/mol. The lowest BCUT2D eigenvalue weighted by molar-refractivity contribution is 0.0724. The molecular weight excluding hydrogens is 246 g/mol. The minimum Gasteiger partial charge on any atom is -0.388 e. The van der Waals surface area contributed by atoms with Gasteiger partial charge in [0.1, 0.15) is 0 Å². The summed E-state index contributed by atoms with van der Waals surface area (Å²) in [5, 5.41) is 12.0. The molecule has 0 aliphatic heterocycles.